The summed E-state index contributed by atoms with van der Waals surface area (Å²) >= 11 is 0. The molecule has 1 aromatic carbocycles. The lowest BCUT2D eigenvalue weighted by atomic mass is 10.1. The number of piperazine rings is 1. The third kappa shape index (κ3) is 4.64. The van der Waals surface area contributed by atoms with Gasteiger partial charge in [0.05, 0.1) is 11.7 Å². The fourth-order valence-electron chi connectivity index (χ4n) is 4.59. The highest BCUT2D eigenvalue weighted by molar-refractivity contribution is 7.90. The van der Waals surface area contributed by atoms with Crippen LogP contribution in [0.5, 0.6) is 0 Å². The molecule has 1 aliphatic carbocycles. The van der Waals surface area contributed by atoms with Crippen molar-refractivity contribution in [2.75, 3.05) is 56.2 Å². The summed E-state index contributed by atoms with van der Waals surface area (Å²) in [4.78, 5) is 31.2. The molecule has 158 valence electrons. The van der Waals surface area contributed by atoms with Crippen molar-refractivity contribution in [3.63, 3.8) is 0 Å². The predicted molar refractivity (Wildman–Crippen MR) is 112 cm³/mol. The van der Waals surface area contributed by atoms with Gasteiger partial charge in [-0.05, 0) is 42.5 Å². The Morgan fingerprint density at radius 1 is 1.10 bits per heavy atom. The molecule has 2 saturated heterocycles. The topological polar surface area (TPSA) is 78.0 Å². The Morgan fingerprint density at radius 3 is 2.55 bits per heavy atom. The third-order valence-corrected chi connectivity index (χ3v) is 7.25. The van der Waals surface area contributed by atoms with Crippen molar-refractivity contribution >= 4 is 27.3 Å². The van der Waals surface area contributed by atoms with Crippen molar-refractivity contribution in [2.24, 2.45) is 5.92 Å². The van der Waals surface area contributed by atoms with Crippen LogP contribution in [0.15, 0.2) is 18.2 Å². The van der Waals surface area contributed by atoms with Gasteiger partial charge in [-0.25, -0.2) is 8.42 Å². The van der Waals surface area contributed by atoms with Gasteiger partial charge in [-0.2, -0.15) is 0 Å². The highest BCUT2D eigenvalue weighted by atomic mass is 32.2. The first-order valence-corrected chi connectivity index (χ1v) is 12.5. The fourth-order valence-corrected chi connectivity index (χ4v) is 5.18. The smallest absolute Gasteiger partial charge is 0.228 e. The van der Waals surface area contributed by atoms with E-state index in [0.29, 0.717) is 39.3 Å². The highest BCUT2D eigenvalue weighted by Gasteiger charge is 2.38. The molecule has 0 radical (unpaired) electrons. The second-order valence-corrected chi connectivity index (χ2v) is 10.8. The van der Waals surface area contributed by atoms with Crippen LogP contribution in [0.4, 0.5) is 5.69 Å². The molecule has 3 aliphatic rings. The normalized spacial score (nSPS) is 22.9. The van der Waals surface area contributed by atoms with Gasteiger partial charge in [-0.15, -0.1) is 0 Å². The molecule has 1 aromatic rings. The van der Waals surface area contributed by atoms with Crippen molar-refractivity contribution in [3.8, 4) is 0 Å². The van der Waals surface area contributed by atoms with Crippen LogP contribution in [0, 0.1) is 5.92 Å². The van der Waals surface area contributed by atoms with Crippen LogP contribution in [0.1, 0.15) is 24.0 Å². The summed E-state index contributed by atoms with van der Waals surface area (Å²) in [5.74, 6) is -0.0791. The summed E-state index contributed by atoms with van der Waals surface area (Å²) < 4.78 is 22.7. The summed E-state index contributed by atoms with van der Waals surface area (Å²) in [6.45, 7) is 3.49. The van der Waals surface area contributed by atoms with Gasteiger partial charge < -0.3 is 9.80 Å². The molecule has 0 spiro atoms. The average molecular weight is 420 g/mol. The lowest BCUT2D eigenvalue weighted by Gasteiger charge is -2.35. The molecule has 7 nitrogen and oxygen atoms in total. The second-order valence-electron chi connectivity index (χ2n) is 8.51. The van der Waals surface area contributed by atoms with Gasteiger partial charge in [0.15, 0.2) is 0 Å². The number of aryl methyl sites for hydroxylation is 2. The summed E-state index contributed by atoms with van der Waals surface area (Å²) in [6, 6.07) is 6.25. The van der Waals surface area contributed by atoms with Crippen LogP contribution in [-0.4, -0.2) is 81.3 Å². The molecule has 29 heavy (non-hydrogen) atoms. The van der Waals surface area contributed by atoms with Crippen LogP contribution in [-0.2, 0) is 32.3 Å². The number of benzene rings is 1. The van der Waals surface area contributed by atoms with E-state index in [9.17, 15) is 18.0 Å². The molecule has 2 fully saturated rings. The molecule has 2 heterocycles. The summed E-state index contributed by atoms with van der Waals surface area (Å²) in [6.07, 6.45) is 4.86. The Kier molecular flexibility index (Phi) is 5.66. The summed E-state index contributed by atoms with van der Waals surface area (Å²) in [5.41, 5.74) is 3.62. The number of nitrogens with zero attached hydrogens (tertiary/aromatic N) is 3. The van der Waals surface area contributed by atoms with Crippen LogP contribution >= 0.6 is 0 Å². The van der Waals surface area contributed by atoms with Crippen molar-refractivity contribution in [2.45, 2.75) is 25.7 Å². The van der Waals surface area contributed by atoms with Crippen LogP contribution < -0.4 is 4.90 Å². The van der Waals surface area contributed by atoms with Crippen molar-refractivity contribution in [1.82, 2.24) is 9.80 Å². The maximum absolute atomic E-state index is 13.0. The number of carbonyl (C=O) groups excluding carboxylic acids is 2. The Bertz CT molecular complexity index is 907. The number of hydrogen-bond donors (Lipinski definition) is 0. The number of fused-ring (bicyclic) bond motifs is 1. The van der Waals surface area contributed by atoms with Crippen molar-refractivity contribution in [3.05, 3.63) is 29.3 Å². The van der Waals surface area contributed by atoms with Crippen LogP contribution in [0.25, 0.3) is 0 Å². The molecule has 1 unspecified atom stereocenters. The first-order valence-electron chi connectivity index (χ1n) is 10.4. The van der Waals surface area contributed by atoms with E-state index in [4.69, 9.17) is 0 Å². The average Bonchev–Trinajstić information content (AvgIpc) is 3.31. The number of hydrogen-bond acceptors (Lipinski definition) is 5. The van der Waals surface area contributed by atoms with E-state index in [2.05, 4.69) is 17.0 Å². The van der Waals surface area contributed by atoms with Gasteiger partial charge in [0.1, 0.15) is 9.84 Å². The van der Waals surface area contributed by atoms with Crippen LogP contribution in [0.2, 0.25) is 0 Å². The van der Waals surface area contributed by atoms with Gasteiger partial charge in [-0.1, -0.05) is 6.07 Å². The Hall–Kier alpha value is -1.93. The molecule has 8 heteroatoms. The first kappa shape index (κ1) is 20.3. The maximum atomic E-state index is 13.0. The minimum Gasteiger partial charge on any atom is -0.340 e. The largest absolute Gasteiger partial charge is 0.340 e. The van der Waals surface area contributed by atoms with E-state index < -0.39 is 9.84 Å². The number of carbonyl (C=O) groups is 2. The monoisotopic (exact) mass is 419 g/mol. The highest BCUT2D eigenvalue weighted by Crippen LogP contribution is 2.31. The van der Waals surface area contributed by atoms with E-state index in [1.807, 2.05) is 11.0 Å². The zero-order valence-corrected chi connectivity index (χ0v) is 17.8. The zero-order valence-electron chi connectivity index (χ0n) is 17.0. The van der Waals surface area contributed by atoms with Crippen molar-refractivity contribution in [1.29, 1.82) is 0 Å². The number of anilines is 1. The van der Waals surface area contributed by atoms with E-state index in [1.54, 1.807) is 4.90 Å². The number of rotatable bonds is 5. The van der Waals surface area contributed by atoms with Crippen LogP contribution in [0.3, 0.4) is 0 Å². The fraction of sp³-hybridized carbons (Fsp3) is 0.619. The van der Waals surface area contributed by atoms with E-state index in [0.717, 1.165) is 18.5 Å². The SMILES string of the molecule is CS(=O)(=O)CCN1CCN(C(=O)C2CC(=O)N(c3ccc4c(c3)CCC4)C2)CC1. The molecule has 0 aromatic heterocycles. The van der Waals surface area contributed by atoms with Crippen molar-refractivity contribution < 1.29 is 18.0 Å². The minimum absolute atomic E-state index is 0.0214. The second kappa shape index (κ2) is 8.07. The van der Waals surface area contributed by atoms with E-state index in [1.165, 1.54) is 23.8 Å². The lowest BCUT2D eigenvalue weighted by Crippen LogP contribution is -2.51. The molecular weight excluding hydrogens is 390 g/mol. The lowest BCUT2D eigenvalue weighted by molar-refractivity contribution is -0.137. The van der Waals surface area contributed by atoms with E-state index >= 15 is 0 Å². The maximum Gasteiger partial charge on any atom is 0.228 e. The molecule has 1 atom stereocenters. The van der Waals surface area contributed by atoms with Gasteiger partial charge in [0.25, 0.3) is 0 Å². The van der Waals surface area contributed by atoms with Gasteiger partial charge >= 0.3 is 0 Å². The molecular formula is C21H29N3O4S. The number of amides is 2. The summed E-state index contributed by atoms with van der Waals surface area (Å²) in [7, 11) is -2.97. The summed E-state index contributed by atoms with van der Waals surface area (Å²) in [5, 5.41) is 0. The standard InChI is InChI=1S/C21H29N3O4S/c1-29(27,28)12-11-22-7-9-23(10-8-22)21(26)18-14-20(25)24(15-18)19-6-5-16-3-2-4-17(16)13-19/h5-6,13,18H,2-4,7-12,14-15H2,1H3. The Balaban J connectivity index is 1.33. The van der Waals surface area contributed by atoms with Gasteiger partial charge in [-0.3, -0.25) is 14.5 Å². The first-order chi connectivity index (χ1) is 13.8. The molecule has 0 N–H and O–H groups in total. The predicted octanol–water partition coefficient (Wildman–Crippen LogP) is 0.717. The number of sulfone groups is 1. The zero-order chi connectivity index (χ0) is 20.6. The quantitative estimate of drug-likeness (QED) is 0.703. The third-order valence-electron chi connectivity index (χ3n) is 6.33. The molecule has 0 bridgehead atoms. The Labute approximate surface area is 172 Å². The molecule has 2 amide bonds. The molecule has 0 saturated carbocycles. The minimum atomic E-state index is -2.97. The van der Waals surface area contributed by atoms with Gasteiger partial charge in [0, 0.05) is 57.6 Å². The molecule has 2 aliphatic heterocycles. The van der Waals surface area contributed by atoms with Gasteiger partial charge in [0.2, 0.25) is 11.8 Å². The molecule has 4 rings (SSSR count). The Morgan fingerprint density at radius 2 is 1.83 bits per heavy atom. The van der Waals surface area contributed by atoms with E-state index in [-0.39, 0.29) is 29.9 Å².